The molecule has 0 atom stereocenters. The van der Waals surface area contributed by atoms with Gasteiger partial charge in [0.2, 0.25) is 5.90 Å². The molecule has 0 radical (unpaired) electrons. The van der Waals surface area contributed by atoms with Crippen LogP contribution in [0.3, 0.4) is 0 Å². The van der Waals surface area contributed by atoms with E-state index in [1.807, 2.05) is 37.3 Å². The number of hydrogen-bond acceptors (Lipinski definition) is 7. The Morgan fingerprint density at radius 1 is 0.667 bits per heavy atom. The van der Waals surface area contributed by atoms with Gasteiger partial charge in [0, 0.05) is 17.7 Å². The summed E-state index contributed by atoms with van der Waals surface area (Å²) in [4.78, 5) is 4.65. The van der Waals surface area contributed by atoms with Gasteiger partial charge in [-0.05, 0) is 43.3 Å². The molecule has 3 aromatic rings. The van der Waals surface area contributed by atoms with Gasteiger partial charge >= 0.3 is 0 Å². The van der Waals surface area contributed by atoms with Crippen LogP contribution in [0.2, 0.25) is 0 Å². The first-order chi connectivity index (χ1) is 16.1. The lowest BCUT2D eigenvalue weighted by Gasteiger charge is -2.13. The van der Waals surface area contributed by atoms with Gasteiger partial charge in [0.15, 0.2) is 23.0 Å². The lowest BCUT2D eigenvalue weighted by molar-refractivity contribution is 0.352. The van der Waals surface area contributed by atoms with Crippen LogP contribution in [0, 0.1) is 0 Å². The fraction of sp³-hybridized carbons (Fsp3) is 0.192. The molecule has 0 heterocycles. The third-order valence-corrected chi connectivity index (χ3v) is 4.62. The zero-order valence-electron chi connectivity index (χ0n) is 19.3. The van der Waals surface area contributed by atoms with E-state index in [2.05, 4.69) is 4.99 Å². The second kappa shape index (κ2) is 11.5. The van der Waals surface area contributed by atoms with Gasteiger partial charge in [0.25, 0.3) is 0 Å². The van der Waals surface area contributed by atoms with Crippen molar-refractivity contribution >= 4 is 11.6 Å². The van der Waals surface area contributed by atoms with Crippen molar-refractivity contribution in [1.29, 1.82) is 0 Å². The third kappa shape index (κ3) is 6.20. The smallest absolute Gasteiger partial charge is 0.225 e. The molecule has 0 unspecified atom stereocenters. The highest BCUT2D eigenvalue weighted by molar-refractivity contribution is 5.96. The van der Waals surface area contributed by atoms with Crippen LogP contribution in [0.15, 0.2) is 83.6 Å². The summed E-state index contributed by atoms with van der Waals surface area (Å²) in [6.07, 6.45) is 1.57. The van der Waals surface area contributed by atoms with E-state index in [1.165, 1.54) is 0 Å². The highest BCUT2D eigenvalue weighted by atomic mass is 16.5. The molecule has 0 aromatic heterocycles. The molecule has 0 saturated heterocycles. The predicted octanol–water partition coefficient (Wildman–Crippen LogP) is 5.81. The number of methoxy groups -OCH3 is 4. The lowest BCUT2D eigenvalue weighted by atomic mass is 10.2. The zero-order valence-corrected chi connectivity index (χ0v) is 19.3. The number of ether oxygens (including phenoxy) is 6. The Morgan fingerprint density at radius 3 is 1.79 bits per heavy atom. The van der Waals surface area contributed by atoms with Crippen molar-refractivity contribution in [2.75, 3.05) is 28.4 Å². The van der Waals surface area contributed by atoms with Crippen LogP contribution in [0.1, 0.15) is 6.92 Å². The van der Waals surface area contributed by atoms with Crippen molar-refractivity contribution in [2.45, 2.75) is 6.92 Å². The van der Waals surface area contributed by atoms with E-state index in [1.54, 1.807) is 71.1 Å². The minimum absolute atomic E-state index is 0.369. The molecule has 0 saturated carbocycles. The molecule has 0 aliphatic carbocycles. The van der Waals surface area contributed by atoms with Gasteiger partial charge in [-0.2, -0.15) is 0 Å². The van der Waals surface area contributed by atoms with Crippen molar-refractivity contribution in [3.05, 3.63) is 78.6 Å². The summed E-state index contributed by atoms with van der Waals surface area (Å²) in [6.45, 7) is 1.85. The summed E-state index contributed by atoms with van der Waals surface area (Å²) in [6, 6.07) is 20.1. The number of rotatable bonds is 9. The van der Waals surface area contributed by atoms with Gasteiger partial charge in [-0.25, -0.2) is 4.99 Å². The van der Waals surface area contributed by atoms with Crippen LogP contribution in [-0.2, 0) is 0 Å². The van der Waals surface area contributed by atoms with Crippen LogP contribution < -0.4 is 28.4 Å². The molecule has 0 aliphatic heterocycles. The Kier molecular flexibility index (Phi) is 8.18. The Balaban J connectivity index is 1.90. The molecule has 33 heavy (non-hydrogen) atoms. The molecule has 172 valence electrons. The molecular weight excluding hydrogens is 422 g/mol. The average molecular weight is 450 g/mol. The van der Waals surface area contributed by atoms with Crippen LogP contribution in [-0.4, -0.2) is 34.3 Å². The quantitative estimate of drug-likeness (QED) is 0.233. The molecule has 7 nitrogen and oxygen atoms in total. The molecular formula is C26H27NO6. The first kappa shape index (κ1) is 23.5. The molecule has 0 fully saturated rings. The number of benzene rings is 3. The Bertz CT molecular complexity index is 1120. The van der Waals surface area contributed by atoms with Gasteiger partial charge in [0.05, 0.1) is 40.4 Å². The summed E-state index contributed by atoms with van der Waals surface area (Å²) >= 11 is 0. The number of nitrogens with zero attached hydrogens (tertiary/aromatic N) is 1. The van der Waals surface area contributed by atoms with Gasteiger partial charge in [-0.1, -0.05) is 18.2 Å². The van der Waals surface area contributed by atoms with E-state index in [9.17, 15) is 0 Å². The van der Waals surface area contributed by atoms with Crippen molar-refractivity contribution in [3.63, 3.8) is 0 Å². The summed E-state index contributed by atoms with van der Waals surface area (Å²) in [7, 11) is 6.31. The minimum Gasteiger partial charge on any atom is -0.493 e. The molecule has 0 aliphatic rings. The highest BCUT2D eigenvalue weighted by Gasteiger charge is 2.12. The molecule has 0 amide bonds. The summed E-state index contributed by atoms with van der Waals surface area (Å²) in [5.74, 6) is 3.84. The van der Waals surface area contributed by atoms with E-state index in [-0.39, 0.29) is 0 Å². The van der Waals surface area contributed by atoms with E-state index in [0.29, 0.717) is 46.0 Å². The summed E-state index contributed by atoms with van der Waals surface area (Å²) < 4.78 is 33.2. The first-order valence-electron chi connectivity index (χ1n) is 10.2. The van der Waals surface area contributed by atoms with Crippen molar-refractivity contribution in [2.24, 2.45) is 4.99 Å². The van der Waals surface area contributed by atoms with Crippen LogP contribution >= 0.6 is 0 Å². The maximum absolute atomic E-state index is 6.11. The van der Waals surface area contributed by atoms with E-state index in [4.69, 9.17) is 28.4 Å². The molecule has 3 aromatic carbocycles. The Hall–Kier alpha value is -4.13. The van der Waals surface area contributed by atoms with E-state index < -0.39 is 0 Å². The first-order valence-corrected chi connectivity index (χ1v) is 10.2. The Labute approximate surface area is 193 Å². The molecule has 0 bridgehead atoms. The number of hydrogen-bond donors (Lipinski definition) is 0. The summed E-state index contributed by atoms with van der Waals surface area (Å²) in [5.41, 5.74) is 1.41. The number of aliphatic imine (C=N–C) groups is 1. The van der Waals surface area contributed by atoms with Crippen molar-refractivity contribution in [3.8, 4) is 34.5 Å². The minimum atomic E-state index is 0.369. The van der Waals surface area contributed by atoms with E-state index >= 15 is 0 Å². The largest absolute Gasteiger partial charge is 0.493 e. The molecule has 0 spiro atoms. The average Bonchev–Trinajstić information content (AvgIpc) is 2.87. The van der Waals surface area contributed by atoms with E-state index in [0.717, 1.165) is 5.69 Å². The standard InChI is InChI=1S/C26H27NO6/c1-18(17-32-20-11-13-22(28-2)24(15-20)30-4)26(27-19-9-7-6-8-10-19)33-21-12-14-23(29-3)25(16-21)31-5/h6-17H,1-5H3/b18-17+,27-26?. The van der Waals surface area contributed by atoms with Crippen LogP contribution in [0.25, 0.3) is 0 Å². The van der Waals surface area contributed by atoms with Gasteiger partial charge in [0.1, 0.15) is 11.5 Å². The van der Waals surface area contributed by atoms with Gasteiger partial charge < -0.3 is 28.4 Å². The zero-order chi connectivity index (χ0) is 23.6. The fourth-order valence-electron chi connectivity index (χ4n) is 2.90. The Morgan fingerprint density at radius 2 is 1.21 bits per heavy atom. The maximum Gasteiger partial charge on any atom is 0.225 e. The van der Waals surface area contributed by atoms with Gasteiger partial charge in [-0.15, -0.1) is 0 Å². The monoisotopic (exact) mass is 449 g/mol. The second-order valence-electron chi connectivity index (χ2n) is 6.81. The topological polar surface area (TPSA) is 67.7 Å². The third-order valence-electron chi connectivity index (χ3n) is 4.62. The van der Waals surface area contributed by atoms with Crippen molar-refractivity contribution < 1.29 is 28.4 Å². The van der Waals surface area contributed by atoms with Crippen molar-refractivity contribution in [1.82, 2.24) is 0 Å². The van der Waals surface area contributed by atoms with Crippen LogP contribution in [0.5, 0.6) is 34.5 Å². The lowest BCUT2D eigenvalue weighted by Crippen LogP contribution is -2.11. The number of para-hydroxylation sites is 1. The normalized spacial score (nSPS) is 11.5. The predicted molar refractivity (Wildman–Crippen MR) is 128 cm³/mol. The maximum atomic E-state index is 6.11. The van der Waals surface area contributed by atoms with Gasteiger partial charge in [-0.3, -0.25) is 0 Å². The molecule has 3 rings (SSSR count). The second-order valence-corrected chi connectivity index (χ2v) is 6.81. The molecule has 0 N–H and O–H groups in total. The SMILES string of the molecule is COc1ccc(O/C=C(\C)C(=Nc2ccccc2)Oc2ccc(OC)c(OC)c2)cc1OC. The highest BCUT2D eigenvalue weighted by Crippen LogP contribution is 2.32. The fourth-order valence-corrected chi connectivity index (χ4v) is 2.90. The molecule has 7 heteroatoms. The van der Waals surface area contributed by atoms with Crippen LogP contribution in [0.4, 0.5) is 5.69 Å². The summed E-state index contributed by atoms with van der Waals surface area (Å²) in [5, 5.41) is 0.